The van der Waals surface area contributed by atoms with Gasteiger partial charge in [0.05, 0.1) is 7.11 Å². The minimum Gasteiger partial charge on any atom is -0.497 e. The van der Waals surface area contributed by atoms with Gasteiger partial charge in [-0.2, -0.15) is 0 Å². The van der Waals surface area contributed by atoms with Crippen LogP contribution in [0.15, 0.2) is 23.1 Å². The monoisotopic (exact) mass is 237 g/mol. The molecule has 2 nitrogen and oxygen atoms in total. The Morgan fingerprint density at radius 3 is 2.94 bits per heavy atom. The Labute approximate surface area is 102 Å². The van der Waals surface area contributed by atoms with E-state index in [1.807, 2.05) is 11.8 Å². The third kappa shape index (κ3) is 2.71. The standard InChI is InChI=1S/C13H19NOS/c1-14(2)8-10-6-11-7-12(15-3)4-5-13(11)16-9-10/h4-5,7,10H,6,8-9H2,1-3H3. The smallest absolute Gasteiger partial charge is 0.119 e. The van der Waals surface area contributed by atoms with Gasteiger partial charge in [-0.25, -0.2) is 0 Å². The molecule has 0 spiro atoms. The van der Waals surface area contributed by atoms with Crippen molar-refractivity contribution in [2.45, 2.75) is 11.3 Å². The number of methoxy groups -OCH3 is 1. The molecule has 0 saturated carbocycles. The molecule has 1 aromatic rings. The first-order valence-electron chi connectivity index (χ1n) is 5.63. The average molecular weight is 237 g/mol. The van der Waals surface area contributed by atoms with Crippen LogP contribution >= 0.6 is 11.8 Å². The highest BCUT2D eigenvalue weighted by atomic mass is 32.2. The second-order valence-corrected chi connectivity index (χ2v) is 5.68. The molecule has 0 amide bonds. The number of fused-ring (bicyclic) bond motifs is 1. The van der Waals surface area contributed by atoms with Crippen molar-refractivity contribution in [1.29, 1.82) is 0 Å². The lowest BCUT2D eigenvalue weighted by molar-refractivity contribution is 0.338. The minimum absolute atomic E-state index is 0.764. The molecule has 1 heterocycles. The number of hydrogen-bond acceptors (Lipinski definition) is 3. The largest absolute Gasteiger partial charge is 0.497 e. The van der Waals surface area contributed by atoms with Crippen LogP contribution in [-0.2, 0) is 6.42 Å². The molecule has 0 aliphatic carbocycles. The van der Waals surface area contributed by atoms with E-state index in [1.54, 1.807) is 7.11 Å². The van der Waals surface area contributed by atoms with Gasteiger partial charge in [0.2, 0.25) is 0 Å². The van der Waals surface area contributed by atoms with E-state index in [-0.39, 0.29) is 0 Å². The van der Waals surface area contributed by atoms with Gasteiger partial charge in [-0.3, -0.25) is 0 Å². The fraction of sp³-hybridized carbons (Fsp3) is 0.538. The van der Waals surface area contributed by atoms with E-state index in [4.69, 9.17) is 4.74 Å². The Morgan fingerprint density at radius 2 is 2.25 bits per heavy atom. The summed E-state index contributed by atoms with van der Waals surface area (Å²) >= 11 is 1.98. The van der Waals surface area contributed by atoms with E-state index in [9.17, 15) is 0 Å². The first-order chi connectivity index (χ1) is 7.69. The summed E-state index contributed by atoms with van der Waals surface area (Å²) in [5, 5.41) is 0. The van der Waals surface area contributed by atoms with Crippen molar-refractivity contribution in [1.82, 2.24) is 4.90 Å². The summed E-state index contributed by atoms with van der Waals surface area (Å²) in [6.45, 7) is 1.17. The zero-order chi connectivity index (χ0) is 11.5. The van der Waals surface area contributed by atoms with Gasteiger partial charge in [0.25, 0.3) is 0 Å². The summed E-state index contributed by atoms with van der Waals surface area (Å²) < 4.78 is 5.28. The van der Waals surface area contributed by atoms with E-state index in [1.165, 1.54) is 29.2 Å². The van der Waals surface area contributed by atoms with Crippen LogP contribution in [0.3, 0.4) is 0 Å². The molecule has 1 atom stereocenters. The molecule has 1 aromatic carbocycles. The van der Waals surface area contributed by atoms with Gasteiger partial charge >= 0.3 is 0 Å². The Balaban J connectivity index is 2.12. The molecule has 88 valence electrons. The van der Waals surface area contributed by atoms with E-state index < -0.39 is 0 Å². The van der Waals surface area contributed by atoms with Crippen molar-refractivity contribution in [2.24, 2.45) is 5.92 Å². The third-order valence-electron chi connectivity index (χ3n) is 2.87. The van der Waals surface area contributed by atoms with Crippen molar-refractivity contribution >= 4 is 11.8 Å². The van der Waals surface area contributed by atoms with E-state index in [0.717, 1.165) is 11.7 Å². The van der Waals surface area contributed by atoms with Crippen LogP contribution in [-0.4, -0.2) is 38.4 Å². The van der Waals surface area contributed by atoms with Gasteiger partial charge in [-0.1, -0.05) is 0 Å². The highest BCUT2D eigenvalue weighted by Gasteiger charge is 2.19. The third-order valence-corrected chi connectivity index (χ3v) is 4.22. The van der Waals surface area contributed by atoms with Crippen molar-refractivity contribution in [3.05, 3.63) is 23.8 Å². The van der Waals surface area contributed by atoms with Crippen molar-refractivity contribution in [3.8, 4) is 5.75 Å². The molecule has 0 aromatic heterocycles. The molecule has 16 heavy (non-hydrogen) atoms. The first-order valence-corrected chi connectivity index (χ1v) is 6.62. The van der Waals surface area contributed by atoms with Crippen molar-refractivity contribution < 1.29 is 4.74 Å². The molecular weight excluding hydrogens is 218 g/mol. The number of thioether (sulfide) groups is 1. The lowest BCUT2D eigenvalue weighted by Crippen LogP contribution is -2.26. The Hall–Kier alpha value is -0.670. The van der Waals surface area contributed by atoms with Crippen LogP contribution in [0.25, 0.3) is 0 Å². The molecule has 0 bridgehead atoms. The number of rotatable bonds is 3. The molecule has 2 rings (SSSR count). The van der Waals surface area contributed by atoms with Crippen LogP contribution in [0.2, 0.25) is 0 Å². The summed E-state index contributed by atoms with van der Waals surface area (Å²) in [6.07, 6.45) is 1.18. The lowest BCUT2D eigenvalue weighted by atomic mass is 9.99. The van der Waals surface area contributed by atoms with Crippen molar-refractivity contribution in [2.75, 3.05) is 33.5 Å². The summed E-state index contributed by atoms with van der Waals surface area (Å²) in [6, 6.07) is 6.42. The molecule has 0 saturated heterocycles. The molecule has 3 heteroatoms. The Morgan fingerprint density at radius 1 is 1.44 bits per heavy atom. The van der Waals surface area contributed by atoms with E-state index in [2.05, 4.69) is 37.2 Å². The number of benzene rings is 1. The maximum atomic E-state index is 5.28. The van der Waals surface area contributed by atoms with Crippen LogP contribution in [0.4, 0.5) is 0 Å². The second kappa shape index (κ2) is 5.11. The van der Waals surface area contributed by atoms with Gasteiger partial charge in [0, 0.05) is 17.2 Å². The van der Waals surface area contributed by atoms with Gasteiger partial charge in [-0.05, 0) is 50.2 Å². The van der Waals surface area contributed by atoms with E-state index >= 15 is 0 Å². The summed E-state index contributed by atoms with van der Waals surface area (Å²) in [4.78, 5) is 3.70. The zero-order valence-electron chi connectivity index (χ0n) is 10.2. The Bertz CT molecular complexity index is 365. The number of nitrogens with zero attached hydrogens (tertiary/aromatic N) is 1. The van der Waals surface area contributed by atoms with Crippen LogP contribution < -0.4 is 4.74 Å². The molecule has 0 radical (unpaired) electrons. The van der Waals surface area contributed by atoms with Crippen molar-refractivity contribution in [3.63, 3.8) is 0 Å². The van der Waals surface area contributed by atoms with Crippen LogP contribution in [0.1, 0.15) is 5.56 Å². The minimum atomic E-state index is 0.764. The van der Waals surface area contributed by atoms with Crippen LogP contribution in [0, 0.1) is 5.92 Å². The second-order valence-electron chi connectivity index (χ2n) is 4.62. The fourth-order valence-corrected chi connectivity index (χ4v) is 3.32. The molecule has 0 fully saturated rings. The average Bonchev–Trinajstić information content (AvgIpc) is 2.27. The van der Waals surface area contributed by atoms with Gasteiger partial charge in [0.15, 0.2) is 0 Å². The molecule has 1 aliphatic rings. The van der Waals surface area contributed by atoms with E-state index in [0.29, 0.717) is 0 Å². The first kappa shape index (κ1) is 11.8. The quantitative estimate of drug-likeness (QED) is 0.801. The molecule has 0 N–H and O–H groups in total. The summed E-state index contributed by atoms with van der Waals surface area (Å²) in [5.41, 5.74) is 1.45. The Kier molecular flexibility index (Phi) is 3.77. The number of ether oxygens (including phenoxy) is 1. The van der Waals surface area contributed by atoms with Crippen LogP contribution in [0.5, 0.6) is 5.75 Å². The topological polar surface area (TPSA) is 12.5 Å². The number of hydrogen-bond donors (Lipinski definition) is 0. The molecule has 1 unspecified atom stereocenters. The maximum absolute atomic E-state index is 5.28. The fourth-order valence-electron chi connectivity index (χ4n) is 2.19. The molecular formula is C13H19NOS. The highest BCUT2D eigenvalue weighted by molar-refractivity contribution is 7.99. The molecule has 1 aliphatic heterocycles. The van der Waals surface area contributed by atoms with Gasteiger partial charge in [-0.15, -0.1) is 11.8 Å². The maximum Gasteiger partial charge on any atom is 0.119 e. The summed E-state index contributed by atoms with van der Waals surface area (Å²) in [7, 11) is 6.02. The predicted octanol–water partition coefficient (Wildman–Crippen LogP) is 2.52. The SMILES string of the molecule is COc1ccc2c(c1)CC(CN(C)C)CS2. The van der Waals surface area contributed by atoms with Gasteiger partial charge in [0.1, 0.15) is 5.75 Å². The summed E-state index contributed by atoms with van der Waals surface area (Å²) in [5.74, 6) is 2.97. The predicted molar refractivity (Wildman–Crippen MR) is 69.5 cm³/mol. The normalized spacial score (nSPS) is 19.6. The highest BCUT2D eigenvalue weighted by Crippen LogP contribution is 2.35. The van der Waals surface area contributed by atoms with Gasteiger partial charge < -0.3 is 9.64 Å². The lowest BCUT2D eigenvalue weighted by Gasteiger charge is -2.26. The zero-order valence-corrected chi connectivity index (χ0v) is 11.0.